The van der Waals surface area contributed by atoms with Gasteiger partial charge in [-0.3, -0.25) is 14.4 Å². The topological polar surface area (TPSA) is 111 Å². The molecule has 2 amide bonds. The van der Waals surface area contributed by atoms with Gasteiger partial charge in [0.1, 0.15) is 11.6 Å². The summed E-state index contributed by atoms with van der Waals surface area (Å²) in [4.78, 5) is 36.0. The molecule has 0 saturated carbocycles. The van der Waals surface area contributed by atoms with Crippen LogP contribution in [0.4, 0.5) is 15.9 Å². The molecule has 150 valence electrons. The van der Waals surface area contributed by atoms with Gasteiger partial charge in [0.15, 0.2) is 11.9 Å². The zero-order valence-electron chi connectivity index (χ0n) is 15.5. The van der Waals surface area contributed by atoms with Crippen LogP contribution in [0.2, 0.25) is 0 Å². The third-order valence-electron chi connectivity index (χ3n) is 3.49. The number of ether oxygens (including phenoxy) is 1. The second-order valence-corrected chi connectivity index (χ2v) is 7.22. The van der Waals surface area contributed by atoms with Crippen LogP contribution >= 0.6 is 11.8 Å². The van der Waals surface area contributed by atoms with E-state index in [1.165, 1.54) is 31.2 Å². The number of esters is 1. The Balaban J connectivity index is 1.73. The summed E-state index contributed by atoms with van der Waals surface area (Å²) in [7, 11) is 0. The number of anilines is 2. The maximum absolute atomic E-state index is 12.9. The summed E-state index contributed by atoms with van der Waals surface area (Å²) >= 11 is 1.06. The Hall–Kier alpha value is -2.88. The number of thioether (sulfide) groups is 1. The Kier molecular flexibility index (Phi) is 7.56. The molecule has 0 aliphatic carbocycles. The van der Waals surface area contributed by atoms with Gasteiger partial charge in [0.25, 0.3) is 5.91 Å². The minimum atomic E-state index is -1.04. The Morgan fingerprint density at radius 2 is 1.86 bits per heavy atom. The van der Waals surface area contributed by atoms with Crippen molar-refractivity contribution in [2.24, 2.45) is 0 Å². The number of amides is 2. The molecule has 2 rings (SSSR count). The number of carbonyl (C=O) groups excluding carboxylic acids is 3. The lowest BCUT2D eigenvalue weighted by Crippen LogP contribution is -2.31. The van der Waals surface area contributed by atoms with Crippen LogP contribution in [0.25, 0.3) is 0 Å². The maximum Gasteiger partial charge on any atom is 0.316 e. The van der Waals surface area contributed by atoms with Crippen molar-refractivity contribution < 1.29 is 28.0 Å². The number of rotatable bonds is 8. The van der Waals surface area contributed by atoms with E-state index < -0.39 is 29.0 Å². The SMILES string of the molecule is Cc1cc(NC(=O)[C@H](C)SCC(=O)O[C@H](C)C(=O)Nc2ccc(F)cc2)no1. The van der Waals surface area contributed by atoms with Crippen molar-refractivity contribution in [3.05, 3.63) is 41.9 Å². The van der Waals surface area contributed by atoms with Crippen molar-refractivity contribution in [2.75, 3.05) is 16.4 Å². The van der Waals surface area contributed by atoms with Gasteiger partial charge < -0.3 is 19.9 Å². The highest BCUT2D eigenvalue weighted by Crippen LogP contribution is 2.15. The molecule has 2 aromatic rings. The maximum atomic E-state index is 12.9. The molecule has 28 heavy (non-hydrogen) atoms. The van der Waals surface area contributed by atoms with Gasteiger partial charge in [0, 0.05) is 11.8 Å². The van der Waals surface area contributed by atoms with Gasteiger partial charge in [-0.05, 0) is 45.0 Å². The summed E-state index contributed by atoms with van der Waals surface area (Å²) in [5, 5.41) is 8.20. The summed E-state index contributed by atoms with van der Waals surface area (Å²) in [6, 6.07) is 6.78. The average molecular weight is 409 g/mol. The molecule has 0 aliphatic heterocycles. The van der Waals surface area contributed by atoms with Crippen LogP contribution in [0.3, 0.4) is 0 Å². The number of benzene rings is 1. The first-order valence-corrected chi connectivity index (χ1v) is 9.41. The summed E-state index contributed by atoms with van der Waals surface area (Å²) < 4.78 is 22.8. The second kappa shape index (κ2) is 9.88. The van der Waals surface area contributed by atoms with E-state index in [0.29, 0.717) is 17.3 Å². The van der Waals surface area contributed by atoms with Gasteiger partial charge in [-0.2, -0.15) is 0 Å². The predicted octanol–water partition coefficient (Wildman–Crippen LogP) is 2.75. The molecule has 1 aromatic heterocycles. The van der Waals surface area contributed by atoms with E-state index in [-0.39, 0.29) is 11.7 Å². The van der Waals surface area contributed by atoms with Crippen molar-refractivity contribution >= 4 is 41.1 Å². The molecule has 0 bridgehead atoms. The first-order valence-electron chi connectivity index (χ1n) is 8.36. The van der Waals surface area contributed by atoms with Crippen molar-refractivity contribution in [3.63, 3.8) is 0 Å². The Morgan fingerprint density at radius 1 is 1.18 bits per heavy atom. The van der Waals surface area contributed by atoms with E-state index >= 15 is 0 Å². The van der Waals surface area contributed by atoms with Crippen molar-refractivity contribution in [1.82, 2.24) is 5.16 Å². The Labute approximate surface area is 165 Å². The number of aryl methyl sites for hydroxylation is 1. The number of carbonyl (C=O) groups is 3. The van der Waals surface area contributed by atoms with Gasteiger partial charge in [0.05, 0.1) is 11.0 Å². The van der Waals surface area contributed by atoms with Crippen molar-refractivity contribution in [2.45, 2.75) is 32.1 Å². The molecule has 0 unspecified atom stereocenters. The van der Waals surface area contributed by atoms with Crippen LogP contribution in [-0.4, -0.2) is 40.0 Å². The fourth-order valence-corrected chi connectivity index (χ4v) is 2.65. The van der Waals surface area contributed by atoms with Crippen LogP contribution in [0.15, 0.2) is 34.9 Å². The first kappa shape index (κ1) is 21.4. The zero-order chi connectivity index (χ0) is 20.7. The smallest absolute Gasteiger partial charge is 0.316 e. The van der Waals surface area contributed by atoms with Crippen LogP contribution in [0, 0.1) is 12.7 Å². The van der Waals surface area contributed by atoms with Gasteiger partial charge in [-0.15, -0.1) is 11.8 Å². The fourth-order valence-electron chi connectivity index (χ4n) is 1.98. The third-order valence-corrected chi connectivity index (χ3v) is 4.61. The lowest BCUT2D eigenvalue weighted by molar-refractivity contribution is -0.150. The van der Waals surface area contributed by atoms with E-state index in [4.69, 9.17) is 9.26 Å². The number of halogens is 1. The van der Waals surface area contributed by atoms with Gasteiger partial charge in [0.2, 0.25) is 5.91 Å². The van der Waals surface area contributed by atoms with Gasteiger partial charge in [-0.1, -0.05) is 5.16 Å². The number of nitrogens with one attached hydrogen (secondary N) is 2. The molecule has 0 radical (unpaired) electrons. The highest BCUT2D eigenvalue weighted by atomic mass is 32.2. The standard InChI is InChI=1S/C18H20FN3O5S/c1-10-8-15(22-27-10)21-18(25)12(3)28-9-16(23)26-11(2)17(24)20-14-6-4-13(19)5-7-14/h4-8,11-12H,9H2,1-3H3,(H,20,24)(H,21,22,25)/t11-,12+/m1/s1. The molecule has 0 saturated heterocycles. The summed E-state index contributed by atoms with van der Waals surface area (Å²) in [5.74, 6) is -1.20. The Bertz CT molecular complexity index is 840. The van der Waals surface area contributed by atoms with E-state index in [0.717, 1.165) is 11.8 Å². The second-order valence-electron chi connectivity index (χ2n) is 5.89. The van der Waals surface area contributed by atoms with Crippen LogP contribution in [-0.2, 0) is 19.1 Å². The van der Waals surface area contributed by atoms with Crippen molar-refractivity contribution in [3.8, 4) is 0 Å². The molecule has 0 aliphatic rings. The fraction of sp³-hybridized carbons (Fsp3) is 0.333. The molecule has 1 aromatic carbocycles. The van der Waals surface area contributed by atoms with Crippen molar-refractivity contribution in [1.29, 1.82) is 0 Å². The number of hydrogen-bond donors (Lipinski definition) is 2. The van der Waals surface area contributed by atoms with Gasteiger partial charge in [-0.25, -0.2) is 4.39 Å². The van der Waals surface area contributed by atoms with Crippen LogP contribution in [0.5, 0.6) is 0 Å². The summed E-state index contributed by atoms with van der Waals surface area (Å²) in [6.45, 7) is 4.75. The quantitative estimate of drug-likeness (QED) is 0.645. The minimum absolute atomic E-state index is 0.111. The molecular weight excluding hydrogens is 389 g/mol. The van der Waals surface area contributed by atoms with Crippen LogP contribution in [0.1, 0.15) is 19.6 Å². The number of hydrogen-bond acceptors (Lipinski definition) is 7. The highest BCUT2D eigenvalue weighted by molar-refractivity contribution is 8.01. The van der Waals surface area contributed by atoms with E-state index in [9.17, 15) is 18.8 Å². The molecule has 0 fully saturated rings. The van der Waals surface area contributed by atoms with E-state index in [1.54, 1.807) is 19.9 Å². The minimum Gasteiger partial charge on any atom is -0.452 e. The molecule has 2 atom stereocenters. The molecule has 2 N–H and O–H groups in total. The first-order chi connectivity index (χ1) is 13.2. The number of nitrogens with zero attached hydrogens (tertiary/aromatic N) is 1. The van der Waals surface area contributed by atoms with Gasteiger partial charge >= 0.3 is 5.97 Å². The lowest BCUT2D eigenvalue weighted by atomic mass is 10.3. The zero-order valence-corrected chi connectivity index (χ0v) is 16.3. The summed E-state index contributed by atoms with van der Waals surface area (Å²) in [5.41, 5.74) is 0.386. The largest absolute Gasteiger partial charge is 0.452 e. The molecular formula is C18H20FN3O5S. The molecule has 10 heteroatoms. The number of aromatic nitrogens is 1. The normalized spacial score (nSPS) is 12.7. The van der Waals surface area contributed by atoms with Crippen LogP contribution < -0.4 is 10.6 Å². The molecule has 8 nitrogen and oxygen atoms in total. The predicted molar refractivity (Wildman–Crippen MR) is 102 cm³/mol. The third kappa shape index (κ3) is 6.69. The summed E-state index contributed by atoms with van der Waals surface area (Å²) in [6.07, 6.45) is -1.04. The molecule has 1 heterocycles. The Morgan fingerprint density at radius 3 is 2.46 bits per heavy atom. The average Bonchev–Trinajstić information content (AvgIpc) is 3.06. The van der Waals surface area contributed by atoms with E-state index in [1.807, 2.05) is 0 Å². The molecule has 0 spiro atoms. The lowest BCUT2D eigenvalue weighted by Gasteiger charge is -2.14. The van der Waals surface area contributed by atoms with E-state index in [2.05, 4.69) is 15.8 Å². The highest BCUT2D eigenvalue weighted by Gasteiger charge is 2.21. The monoisotopic (exact) mass is 409 g/mol.